The lowest BCUT2D eigenvalue weighted by Crippen LogP contribution is -2.46. The predicted molar refractivity (Wildman–Crippen MR) is 62.5 cm³/mol. The van der Waals surface area contributed by atoms with E-state index in [2.05, 4.69) is 5.32 Å². The standard InChI is InChI=1S/C12H21NO4/c1-5-9(12(15)16)13-11(14)10-6(2)7(3)17-8(10)4/h6-10H,5H2,1-4H3,(H,13,14)(H,15,16). The highest BCUT2D eigenvalue weighted by Gasteiger charge is 2.42. The van der Waals surface area contributed by atoms with Crippen molar-refractivity contribution in [3.63, 3.8) is 0 Å². The minimum absolute atomic E-state index is 0.0330. The Labute approximate surface area is 102 Å². The second-order valence-electron chi connectivity index (χ2n) is 4.74. The maximum Gasteiger partial charge on any atom is 0.326 e. The lowest BCUT2D eigenvalue weighted by molar-refractivity contribution is -0.143. The molecule has 0 radical (unpaired) electrons. The van der Waals surface area contributed by atoms with Crippen molar-refractivity contribution in [3.05, 3.63) is 0 Å². The summed E-state index contributed by atoms with van der Waals surface area (Å²) in [7, 11) is 0. The fourth-order valence-electron chi connectivity index (χ4n) is 2.32. The van der Waals surface area contributed by atoms with E-state index in [1.54, 1.807) is 6.92 Å². The van der Waals surface area contributed by atoms with Gasteiger partial charge in [0.25, 0.3) is 0 Å². The fraction of sp³-hybridized carbons (Fsp3) is 0.833. The van der Waals surface area contributed by atoms with E-state index >= 15 is 0 Å². The molecule has 1 heterocycles. The summed E-state index contributed by atoms with van der Waals surface area (Å²) >= 11 is 0. The van der Waals surface area contributed by atoms with Crippen LogP contribution in [0.1, 0.15) is 34.1 Å². The zero-order valence-corrected chi connectivity index (χ0v) is 10.8. The molecule has 5 unspecified atom stereocenters. The molecule has 0 bridgehead atoms. The molecule has 0 saturated carbocycles. The van der Waals surface area contributed by atoms with Crippen LogP contribution in [-0.4, -0.2) is 35.2 Å². The number of rotatable bonds is 4. The summed E-state index contributed by atoms with van der Waals surface area (Å²) in [5, 5.41) is 11.5. The van der Waals surface area contributed by atoms with Gasteiger partial charge in [0.1, 0.15) is 6.04 Å². The fourth-order valence-corrected chi connectivity index (χ4v) is 2.32. The maximum absolute atomic E-state index is 12.0. The monoisotopic (exact) mass is 243 g/mol. The molecule has 1 rings (SSSR count). The second kappa shape index (κ2) is 5.49. The largest absolute Gasteiger partial charge is 0.480 e. The minimum atomic E-state index is -0.992. The van der Waals surface area contributed by atoms with Crippen LogP contribution < -0.4 is 5.32 Å². The predicted octanol–water partition coefficient (Wildman–Crippen LogP) is 1.03. The van der Waals surface area contributed by atoms with Crippen molar-refractivity contribution in [3.8, 4) is 0 Å². The Balaban J connectivity index is 2.67. The van der Waals surface area contributed by atoms with E-state index in [1.807, 2.05) is 20.8 Å². The zero-order valence-electron chi connectivity index (χ0n) is 10.8. The van der Waals surface area contributed by atoms with Crippen molar-refractivity contribution in [2.24, 2.45) is 11.8 Å². The molecule has 98 valence electrons. The van der Waals surface area contributed by atoms with Gasteiger partial charge in [0, 0.05) is 0 Å². The first-order valence-electron chi connectivity index (χ1n) is 6.07. The van der Waals surface area contributed by atoms with Gasteiger partial charge < -0.3 is 15.2 Å². The Kier molecular flexibility index (Phi) is 4.51. The number of amides is 1. The number of carbonyl (C=O) groups excluding carboxylic acids is 1. The third-order valence-corrected chi connectivity index (χ3v) is 3.57. The highest BCUT2D eigenvalue weighted by molar-refractivity contribution is 5.85. The van der Waals surface area contributed by atoms with Gasteiger partial charge in [0.05, 0.1) is 18.1 Å². The van der Waals surface area contributed by atoms with Crippen LogP contribution in [0.4, 0.5) is 0 Å². The van der Waals surface area contributed by atoms with E-state index in [0.29, 0.717) is 6.42 Å². The molecule has 2 N–H and O–H groups in total. The molecule has 17 heavy (non-hydrogen) atoms. The van der Waals surface area contributed by atoms with Crippen LogP contribution in [0, 0.1) is 11.8 Å². The molecule has 0 aromatic carbocycles. The normalized spacial score (nSPS) is 34.4. The van der Waals surface area contributed by atoms with Gasteiger partial charge in [0.15, 0.2) is 0 Å². The number of aliphatic carboxylic acids is 1. The number of carbonyl (C=O) groups is 2. The third-order valence-electron chi connectivity index (χ3n) is 3.57. The first-order chi connectivity index (χ1) is 7.88. The van der Waals surface area contributed by atoms with Crippen LogP contribution in [0.3, 0.4) is 0 Å². The molecule has 1 aliphatic rings. The molecule has 5 nitrogen and oxygen atoms in total. The second-order valence-corrected chi connectivity index (χ2v) is 4.74. The highest BCUT2D eigenvalue weighted by Crippen LogP contribution is 2.32. The van der Waals surface area contributed by atoms with Crippen LogP contribution in [0.15, 0.2) is 0 Å². The lowest BCUT2D eigenvalue weighted by Gasteiger charge is -2.20. The molecule has 0 aromatic heterocycles. The number of nitrogens with one attached hydrogen (secondary N) is 1. The first-order valence-corrected chi connectivity index (χ1v) is 6.07. The van der Waals surface area contributed by atoms with Crippen LogP contribution in [0.5, 0.6) is 0 Å². The van der Waals surface area contributed by atoms with Gasteiger partial charge in [0.2, 0.25) is 5.91 Å². The van der Waals surface area contributed by atoms with Gasteiger partial charge >= 0.3 is 5.97 Å². The summed E-state index contributed by atoms with van der Waals surface area (Å²) in [4.78, 5) is 22.9. The Hall–Kier alpha value is -1.10. The Bertz CT molecular complexity index is 305. The van der Waals surface area contributed by atoms with Gasteiger partial charge in [-0.2, -0.15) is 0 Å². The van der Waals surface area contributed by atoms with Crippen molar-refractivity contribution >= 4 is 11.9 Å². The van der Waals surface area contributed by atoms with Gasteiger partial charge in [-0.05, 0) is 26.2 Å². The molecule has 0 spiro atoms. The topological polar surface area (TPSA) is 75.6 Å². The molecule has 0 aromatic rings. The third kappa shape index (κ3) is 2.97. The summed E-state index contributed by atoms with van der Waals surface area (Å²) < 4.78 is 5.57. The van der Waals surface area contributed by atoms with Crippen LogP contribution in [-0.2, 0) is 14.3 Å². The van der Waals surface area contributed by atoms with Crippen molar-refractivity contribution in [2.45, 2.75) is 52.4 Å². The van der Waals surface area contributed by atoms with Gasteiger partial charge in [-0.1, -0.05) is 13.8 Å². The Morgan fingerprint density at radius 2 is 1.88 bits per heavy atom. The van der Waals surface area contributed by atoms with Crippen molar-refractivity contribution in [1.82, 2.24) is 5.32 Å². The first kappa shape index (κ1) is 14.0. The van der Waals surface area contributed by atoms with Gasteiger partial charge in [-0.25, -0.2) is 4.79 Å². The van der Waals surface area contributed by atoms with Crippen molar-refractivity contribution < 1.29 is 19.4 Å². The number of ether oxygens (including phenoxy) is 1. The molecule has 1 saturated heterocycles. The SMILES string of the molecule is CCC(NC(=O)C1C(C)OC(C)C1C)C(=O)O. The van der Waals surface area contributed by atoms with Crippen LogP contribution in [0.25, 0.3) is 0 Å². The van der Waals surface area contributed by atoms with Gasteiger partial charge in [-0.3, -0.25) is 4.79 Å². The summed E-state index contributed by atoms with van der Waals surface area (Å²) in [6.07, 6.45) is 0.254. The highest BCUT2D eigenvalue weighted by atomic mass is 16.5. The van der Waals surface area contributed by atoms with Gasteiger partial charge in [-0.15, -0.1) is 0 Å². The molecule has 1 aliphatic heterocycles. The summed E-state index contributed by atoms with van der Waals surface area (Å²) in [6.45, 7) is 7.48. The van der Waals surface area contributed by atoms with E-state index in [1.165, 1.54) is 0 Å². The maximum atomic E-state index is 12.0. The number of hydrogen-bond acceptors (Lipinski definition) is 3. The van der Waals surface area contributed by atoms with E-state index in [4.69, 9.17) is 9.84 Å². The molecular formula is C12H21NO4. The van der Waals surface area contributed by atoms with Crippen LogP contribution >= 0.6 is 0 Å². The molecular weight excluding hydrogens is 222 g/mol. The average Bonchev–Trinajstić information content (AvgIpc) is 2.49. The van der Waals surface area contributed by atoms with E-state index in [0.717, 1.165) is 0 Å². The van der Waals surface area contributed by atoms with E-state index in [9.17, 15) is 9.59 Å². The lowest BCUT2D eigenvalue weighted by atomic mass is 9.88. The molecule has 1 fully saturated rings. The molecule has 5 atom stereocenters. The van der Waals surface area contributed by atoms with Crippen molar-refractivity contribution in [1.29, 1.82) is 0 Å². The Morgan fingerprint density at radius 1 is 1.29 bits per heavy atom. The summed E-state index contributed by atoms with van der Waals surface area (Å²) in [5.41, 5.74) is 0. The number of hydrogen-bond donors (Lipinski definition) is 2. The molecule has 5 heteroatoms. The van der Waals surface area contributed by atoms with Crippen LogP contribution in [0.2, 0.25) is 0 Å². The molecule has 1 amide bonds. The van der Waals surface area contributed by atoms with E-state index in [-0.39, 0.29) is 30.0 Å². The smallest absolute Gasteiger partial charge is 0.326 e. The Morgan fingerprint density at radius 3 is 2.24 bits per heavy atom. The van der Waals surface area contributed by atoms with E-state index < -0.39 is 12.0 Å². The number of carboxylic acids is 1. The average molecular weight is 243 g/mol. The summed E-state index contributed by atoms with van der Waals surface area (Å²) in [5.74, 6) is -1.37. The minimum Gasteiger partial charge on any atom is -0.480 e. The number of carboxylic acid groups (broad SMARTS) is 1. The summed E-state index contributed by atoms with van der Waals surface area (Å²) in [6, 6.07) is -0.808. The quantitative estimate of drug-likeness (QED) is 0.773. The van der Waals surface area contributed by atoms with Crippen molar-refractivity contribution in [2.75, 3.05) is 0 Å². The zero-order chi connectivity index (χ0) is 13.2. The molecule has 0 aliphatic carbocycles.